The van der Waals surface area contributed by atoms with Gasteiger partial charge in [-0.1, -0.05) is 72.8 Å². The van der Waals surface area contributed by atoms with Gasteiger partial charge in [0, 0.05) is 51.4 Å². The van der Waals surface area contributed by atoms with Crippen molar-refractivity contribution in [3.63, 3.8) is 0 Å². The molecule has 9 nitrogen and oxygen atoms in total. The second-order valence-electron chi connectivity index (χ2n) is 14.8. The van der Waals surface area contributed by atoms with Crippen molar-refractivity contribution in [1.29, 1.82) is 0 Å². The second-order valence-corrected chi connectivity index (χ2v) is 14.8. The van der Waals surface area contributed by atoms with E-state index < -0.39 is 17.9 Å². The van der Waals surface area contributed by atoms with Gasteiger partial charge in [-0.3, -0.25) is 15.0 Å². The molecule has 0 radical (unpaired) electrons. The molecular weight excluding hydrogens is 787 g/mol. The lowest BCUT2D eigenvalue weighted by atomic mass is 10.1. The third-order valence-electron chi connectivity index (χ3n) is 10.6. The van der Waals surface area contributed by atoms with Crippen LogP contribution in [0.5, 0.6) is 17.2 Å². The van der Waals surface area contributed by atoms with E-state index in [0.29, 0.717) is 0 Å². The van der Waals surface area contributed by atoms with Crippen LogP contribution in [0.1, 0.15) is 31.1 Å². The predicted molar refractivity (Wildman–Crippen MR) is 243 cm³/mol. The fourth-order valence-corrected chi connectivity index (χ4v) is 7.28. The van der Waals surface area contributed by atoms with E-state index in [0.717, 1.165) is 66.1 Å². The summed E-state index contributed by atoms with van der Waals surface area (Å²) < 4.78 is 17.3. The minimum Gasteiger partial charge on any atom is -0.423 e. The zero-order valence-electron chi connectivity index (χ0n) is 33.3. The monoisotopic (exact) mass is 819 g/mol. The number of benzene rings is 7. The van der Waals surface area contributed by atoms with E-state index in [4.69, 9.17) is 14.2 Å². The third kappa shape index (κ3) is 8.35. The summed E-state index contributed by atoms with van der Waals surface area (Å²) in [5.41, 5.74) is 4.60. The van der Waals surface area contributed by atoms with Crippen molar-refractivity contribution in [3.05, 3.63) is 217 Å². The van der Waals surface area contributed by atoms with Gasteiger partial charge in [-0.25, -0.2) is 14.4 Å². The molecule has 0 unspecified atom stereocenters. The first-order valence-corrected chi connectivity index (χ1v) is 20.1. The van der Waals surface area contributed by atoms with E-state index in [9.17, 15) is 14.4 Å². The maximum absolute atomic E-state index is 13.7. The number of hydrogen-bond donors (Lipinski definition) is 0. The SMILES string of the molecule is O=C(Oc1ccc(-c2cc3ccccc3cn2)cc1)c1cc(C(=O)Oc2ccc(-c3cc4ccccc4cn3)cc2)cc(C(=O)Oc2ccc(-c3cc4ccccc4cn3)cc2)c1. The molecule has 0 N–H and O–H groups in total. The first kappa shape index (κ1) is 38.4. The molecule has 3 aromatic heterocycles. The minimum atomic E-state index is -0.797. The lowest BCUT2D eigenvalue weighted by Crippen LogP contribution is -2.16. The number of aromatic nitrogens is 3. The van der Waals surface area contributed by atoms with E-state index in [2.05, 4.69) is 15.0 Å². The Morgan fingerprint density at radius 2 is 0.556 bits per heavy atom. The van der Waals surface area contributed by atoms with E-state index in [1.54, 1.807) is 72.8 Å². The maximum Gasteiger partial charge on any atom is 0.343 e. The summed E-state index contributed by atoms with van der Waals surface area (Å²) in [6.45, 7) is 0. The largest absolute Gasteiger partial charge is 0.423 e. The molecule has 0 bridgehead atoms. The summed E-state index contributed by atoms with van der Waals surface area (Å²) in [5, 5.41) is 6.24. The minimum absolute atomic E-state index is 0.0628. The van der Waals surface area contributed by atoms with Gasteiger partial charge in [0.2, 0.25) is 0 Å². The molecule has 9 heteroatoms. The van der Waals surface area contributed by atoms with Crippen LogP contribution < -0.4 is 14.2 Å². The van der Waals surface area contributed by atoms with Crippen LogP contribution in [-0.4, -0.2) is 32.9 Å². The quantitative estimate of drug-likeness (QED) is 0.104. The molecule has 0 aliphatic rings. The van der Waals surface area contributed by atoms with Gasteiger partial charge in [-0.2, -0.15) is 0 Å². The smallest absolute Gasteiger partial charge is 0.343 e. The number of fused-ring (bicyclic) bond motifs is 3. The molecule has 0 aliphatic carbocycles. The Kier molecular flexibility index (Phi) is 10.2. The molecule has 0 atom stereocenters. The number of esters is 3. The van der Waals surface area contributed by atoms with E-state index in [1.807, 2.05) is 110 Å². The van der Waals surface area contributed by atoms with Crippen molar-refractivity contribution in [2.45, 2.75) is 0 Å². The molecule has 63 heavy (non-hydrogen) atoms. The molecule has 0 saturated heterocycles. The number of hydrogen-bond acceptors (Lipinski definition) is 9. The zero-order chi connectivity index (χ0) is 42.7. The summed E-state index contributed by atoms with van der Waals surface area (Å²) in [6.07, 6.45) is 5.45. The summed E-state index contributed by atoms with van der Waals surface area (Å²) >= 11 is 0. The summed E-state index contributed by atoms with van der Waals surface area (Å²) in [6, 6.07) is 54.6. The van der Waals surface area contributed by atoms with Crippen LogP contribution in [0.3, 0.4) is 0 Å². The molecular formula is C54H33N3O6. The van der Waals surface area contributed by atoms with Crippen molar-refractivity contribution in [1.82, 2.24) is 15.0 Å². The first-order valence-electron chi connectivity index (χ1n) is 20.1. The third-order valence-corrected chi connectivity index (χ3v) is 10.6. The average Bonchev–Trinajstić information content (AvgIpc) is 3.34. The molecule has 10 rings (SSSR count). The highest BCUT2D eigenvalue weighted by atomic mass is 16.5. The van der Waals surface area contributed by atoms with Crippen LogP contribution in [0.25, 0.3) is 66.1 Å². The van der Waals surface area contributed by atoms with Crippen LogP contribution >= 0.6 is 0 Å². The number of pyridine rings is 3. The second kappa shape index (κ2) is 16.7. The van der Waals surface area contributed by atoms with Gasteiger partial charge < -0.3 is 14.2 Å². The fourth-order valence-electron chi connectivity index (χ4n) is 7.28. The standard InChI is InChI=1S/C54H33N3O6/c58-52(61-46-19-13-34(14-20-46)49-28-37-7-1-4-10-40(37)31-55-49)43-25-44(53(59)62-47-21-15-35(16-22-47)50-29-38-8-2-5-11-41(38)32-56-50)27-45(26-43)54(60)63-48-23-17-36(18-24-48)51-30-39-9-3-6-12-42(39)33-57-51/h1-33H. The van der Waals surface area contributed by atoms with Crippen molar-refractivity contribution in [2.75, 3.05) is 0 Å². The van der Waals surface area contributed by atoms with Gasteiger partial charge in [0.15, 0.2) is 0 Å². The van der Waals surface area contributed by atoms with E-state index in [-0.39, 0.29) is 33.9 Å². The van der Waals surface area contributed by atoms with Crippen LogP contribution in [0, 0.1) is 0 Å². The normalized spacial score (nSPS) is 11.0. The summed E-state index contributed by atoms with van der Waals surface area (Å²) in [5.74, 6) is -1.63. The number of ether oxygens (including phenoxy) is 3. The summed E-state index contributed by atoms with van der Waals surface area (Å²) in [4.78, 5) is 55.0. The van der Waals surface area contributed by atoms with E-state index in [1.165, 1.54) is 18.2 Å². The Morgan fingerprint density at radius 3 is 0.825 bits per heavy atom. The molecule has 0 amide bonds. The van der Waals surface area contributed by atoms with E-state index >= 15 is 0 Å². The van der Waals surface area contributed by atoms with Crippen molar-refractivity contribution in [2.24, 2.45) is 0 Å². The van der Waals surface area contributed by atoms with Gasteiger partial charge in [0.05, 0.1) is 33.8 Å². The molecule has 300 valence electrons. The Bertz CT molecular complexity index is 3000. The van der Waals surface area contributed by atoms with Crippen LogP contribution in [0.4, 0.5) is 0 Å². The average molecular weight is 820 g/mol. The first-order chi connectivity index (χ1) is 30.9. The molecule has 7 aromatic carbocycles. The Labute approximate surface area is 360 Å². The zero-order valence-corrected chi connectivity index (χ0v) is 33.3. The highest BCUT2D eigenvalue weighted by Gasteiger charge is 2.21. The van der Waals surface area contributed by atoms with Crippen LogP contribution in [0.2, 0.25) is 0 Å². The fraction of sp³-hybridized carbons (Fsp3) is 0. The van der Waals surface area contributed by atoms with Crippen molar-refractivity contribution in [3.8, 4) is 51.0 Å². The number of carbonyl (C=O) groups is 3. The predicted octanol–water partition coefficient (Wildman–Crippen LogP) is 12.0. The number of rotatable bonds is 9. The highest BCUT2D eigenvalue weighted by Crippen LogP contribution is 2.29. The van der Waals surface area contributed by atoms with Crippen molar-refractivity contribution < 1.29 is 28.6 Å². The van der Waals surface area contributed by atoms with Gasteiger partial charge in [-0.05, 0) is 125 Å². The number of nitrogens with zero attached hydrogens (tertiary/aromatic N) is 3. The maximum atomic E-state index is 13.7. The highest BCUT2D eigenvalue weighted by molar-refractivity contribution is 6.02. The van der Waals surface area contributed by atoms with Gasteiger partial charge in [0.25, 0.3) is 0 Å². The Morgan fingerprint density at radius 1 is 0.302 bits per heavy atom. The van der Waals surface area contributed by atoms with Crippen LogP contribution in [0.15, 0.2) is 201 Å². The lowest BCUT2D eigenvalue weighted by molar-refractivity contribution is 0.0734. The lowest BCUT2D eigenvalue weighted by Gasteiger charge is -2.11. The van der Waals surface area contributed by atoms with Gasteiger partial charge in [-0.15, -0.1) is 0 Å². The molecule has 10 aromatic rings. The number of carbonyl (C=O) groups excluding carboxylic acids is 3. The topological polar surface area (TPSA) is 118 Å². The molecule has 0 spiro atoms. The van der Waals surface area contributed by atoms with Gasteiger partial charge >= 0.3 is 17.9 Å². The summed E-state index contributed by atoms with van der Waals surface area (Å²) in [7, 11) is 0. The van der Waals surface area contributed by atoms with Crippen molar-refractivity contribution >= 4 is 50.2 Å². The van der Waals surface area contributed by atoms with Crippen LogP contribution in [-0.2, 0) is 0 Å². The van der Waals surface area contributed by atoms with Gasteiger partial charge in [0.1, 0.15) is 17.2 Å². The molecule has 0 fully saturated rings. The Hall–Kier alpha value is -8.82. The molecule has 3 heterocycles. The molecule has 0 aliphatic heterocycles. The Balaban J connectivity index is 0.898. The molecule has 0 saturated carbocycles.